The Hall–Kier alpha value is -2.04. The van der Waals surface area contributed by atoms with Crippen molar-refractivity contribution in [1.29, 1.82) is 0 Å². The number of hydrogen-bond donors (Lipinski definition) is 0. The van der Waals surface area contributed by atoms with E-state index in [-0.39, 0.29) is 0 Å². The zero-order valence-corrected chi connectivity index (χ0v) is 13.3. The first-order chi connectivity index (χ1) is 10.9. The van der Waals surface area contributed by atoms with Gasteiger partial charge in [0.15, 0.2) is 0 Å². The Morgan fingerprint density at radius 1 is 0.500 bits per heavy atom. The van der Waals surface area contributed by atoms with E-state index in [4.69, 9.17) is 0 Å². The van der Waals surface area contributed by atoms with Gasteiger partial charge in [0.25, 0.3) is 0 Å². The van der Waals surface area contributed by atoms with E-state index in [1.54, 1.807) is 21.6 Å². The molecule has 2 aromatic carbocycles. The van der Waals surface area contributed by atoms with Crippen molar-refractivity contribution in [2.24, 2.45) is 0 Å². The number of hydrogen-bond acceptors (Lipinski definition) is 4. The molecule has 2 nitrogen and oxygen atoms in total. The first kappa shape index (κ1) is 13.6. The summed E-state index contributed by atoms with van der Waals surface area (Å²) in [5.41, 5.74) is 2.05. The van der Waals surface area contributed by atoms with Gasteiger partial charge in [0.2, 0.25) is 0 Å². The van der Waals surface area contributed by atoms with Gasteiger partial charge in [-0.05, 0) is 45.9 Å². The van der Waals surface area contributed by atoms with E-state index >= 15 is 0 Å². The Morgan fingerprint density at radius 2 is 0.955 bits per heavy atom. The van der Waals surface area contributed by atoms with Crippen LogP contribution in [0, 0.1) is 0 Å². The molecular weight excluding hydrogens is 308 g/mol. The first-order valence-corrected chi connectivity index (χ1v) is 9.10. The Kier molecular flexibility index (Phi) is 3.70. The topological polar surface area (TPSA) is 25.8 Å². The van der Waals surface area contributed by atoms with E-state index in [0.717, 1.165) is 21.1 Å². The lowest BCUT2D eigenvalue weighted by Crippen LogP contribution is -1.82. The molecule has 4 rings (SSSR count). The molecule has 0 radical (unpaired) electrons. The van der Waals surface area contributed by atoms with E-state index in [9.17, 15) is 0 Å². The van der Waals surface area contributed by atoms with Crippen molar-refractivity contribution in [2.45, 2.75) is 10.1 Å². The largest absolute Gasteiger partial charge is 0.241 e. The van der Waals surface area contributed by atoms with Crippen LogP contribution < -0.4 is 0 Å². The number of nitrogens with zero attached hydrogens (tertiary/aromatic N) is 2. The molecule has 0 N–H and O–H groups in total. The van der Waals surface area contributed by atoms with Crippen molar-refractivity contribution in [3.05, 3.63) is 72.8 Å². The fraction of sp³-hybridized carbons (Fsp3) is 0. The van der Waals surface area contributed by atoms with Crippen molar-refractivity contribution in [2.75, 3.05) is 0 Å². The van der Waals surface area contributed by atoms with Gasteiger partial charge < -0.3 is 0 Å². The lowest BCUT2D eigenvalue weighted by Gasteiger charge is -2.03. The monoisotopic (exact) mass is 320 g/mol. The molecule has 2 heterocycles. The van der Waals surface area contributed by atoms with Crippen LogP contribution in [0.15, 0.2) is 82.8 Å². The van der Waals surface area contributed by atoms with Crippen molar-refractivity contribution < 1.29 is 0 Å². The summed E-state index contributed by atoms with van der Waals surface area (Å²) in [5.74, 6) is 0. The summed E-state index contributed by atoms with van der Waals surface area (Å²) in [6.45, 7) is 0. The summed E-state index contributed by atoms with van der Waals surface area (Å²) in [6.07, 6.45) is 0. The van der Waals surface area contributed by atoms with E-state index < -0.39 is 0 Å². The van der Waals surface area contributed by atoms with E-state index in [2.05, 4.69) is 46.4 Å². The first-order valence-electron chi connectivity index (χ1n) is 6.95. The van der Waals surface area contributed by atoms with E-state index in [1.165, 1.54) is 10.8 Å². The second-order valence-corrected chi connectivity index (χ2v) is 7.02. The van der Waals surface area contributed by atoms with Crippen LogP contribution in [0.1, 0.15) is 0 Å². The minimum atomic E-state index is 0.999. The van der Waals surface area contributed by atoms with Crippen LogP contribution in [-0.4, -0.2) is 9.97 Å². The number of aromatic nitrogens is 2. The molecule has 0 amide bonds. The van der Waals surface area contributed by atoms with E-state index in [1.807, 2.05) is 36.4 Å². The van der Waals surface area contributed by atoms with Crippen LogP contribution >= 0.6 is 21.6 Å². The van der Waals surface area contributed by atoms with Gasteiger partial charge >= 0.3 is 0 Å². The molecule has 0 aliphatic rings. The molecule has 2 aromatic heterocycles. The third-order valence-electron chi connectivity index (χ3n) is 3.36. The average Bonchev–Trinajstić information content (AvgIpc) is 2.59. The van der Waals surface area contributed by atoms with E-state index in [0.29, 0.717) is 0 Å². The standard InChI is InChI=1S/C18H12N2S2/c1-3-7-15-13(5-1)9-11-17(19-15)21-22-18-12-10-14-6-2-4-8-16(14)20-18/h1-12H. The highest BCUT2D eigenvalue weighted by atomic mass is 33.1. The summed E-state index contributed by atoms with van der Waals surface area (Å²) < 4.78 is 0. The van der Waals surface area contributed by atoms with Gasteiger partial charge in [0.1, 0.15) is 10.1 Å². The fourth-order valence-corrected chi connectivity index (χ4v) is 4.03. The van der Waals surface area contributed by atoms with Gasteiger partial charge in [-0.25, -0.2) is 9.97 Å². The second kappa shape index (κ2) is 5.99. The van der Waals surface area contributed by atoms with Crippen LogP contribution in [0.5, 0.6) is 0 Å². The predicted octanol–water partition coefficient (Wildman–Crippen LogP) is 5.58. The van der Waals surface area contributed by atoms with Gasteiger partial charge in [-0.1, -0.05) is 48.5 Å². The van der Waals surface area contributed by atoms with Gasteiger partial charge in [-0.3, -0.25) is 0 Å². The highest BCUT2D eigenvalue weighted by molar-refractivity contribution is 8.76. The zero-order chi connectivity index (χ0) is 14.8. The molecular formula is C18H12N2S2. The fourth-order valence-electron chi connectivity index (χ4n) is 2.27. The molecule has 0 aliphatic carbocycles. The maximum Gasteiger partial charge on any atom is 0.108 e. The second-order valence-electron chi connectivity index (χ2n) is 4.85. The lowest BCUT2D eigenvalue weighted by atomic mass is 10.2. The molecule has 4 aromatic rings. The normalized spacial score (nSPS) is 11.1. The Bertz CT molecular complexity index is 874. The third kappa shape index (κ3) is 2.80. The van der Waals surface area contributed by atoms with Crippen LogP contribution in [0.3, 0.4) is 0 Å². The predicted molar refractivity (Wildman–Crippen MR) is 95.2 cm³/mol. The quantitative estimate of drug-likeness (QED) is 0.460. The highest BCUT2D eigenvalue weighted by Crippen LogP contribution is 2.36. The summed E-state index contributed by atoms with van der Waals surface area (Å²) in [4.78, 5) is 9.33. The third-order valence-corrected chi connectivity index (χ3v) is 5.51. The maximum atomic E-state index is 4.67. The summed E-state index contributed by atoms with van der Waals surface area (Å²) in [5, 5.41) is 4.33. The molecule has 0 aliphatic heterocycles. The smallest absolute Gasteiger partial charge is 0.108 e. The average molecular weight is 320 g/mol. The number of para-hydroxylation sites is 2. The lowest BCUT2D eigenvalue weighted by molar-refractivity contribution is 1.19. The molecule has 0 atom stereocenters. The van der Waals surface area contributed by atoms with Crippen molar-refractivity contribution >= 4 is 43.4 Å². The molecule has 0 unspecified atom stereocenters. The molecule has 0 fully saturated rings. The van der Waals surface area contributed by atoms with Crippen molar-refractivity contribution in [3.8, 4) is 0 Å². The zero-order valence-electron chi connectivity index (χ0n) is 11.6. The van der Waals surface area contributed by atoms with Gasteiger partial charge in [-0.15, -0.1) is 0 Å². The van der Waals surface area contributed by atoms with Gasteiger partial charge in [-0.2, -0.15) is 0 Å². The number of pyridine rings is 2. The van der Waals surface area contributed by atoms with Crippen LogP contribution in [0.4, 0.5) is 0 Å². The summed E-state index contributed by atoms with van der Waals surface area (Å²) in [6, 6.07) is 24.7. The number of benzene rings is 2. The summed E-state index contributed by atoms with van der Waals surface area (Å²) in [7, 11) is 3.28. The molecule has 0 saturated carbocycles. The van der Waals surface area contributed by atoms with Crippen LogP contribution in [0.25, 0.3) is 21.8 Å². The maximum absolute atomic E-state index is 4.67. The highest BCUT2D eigenvalue weighted by Gasteiger charge is 2.03. The molecule has 0 saturated heterocycles. The minimum absolute atomic E-state index is 0.999. The molecule has 22 heavy (non-hydrogen) atoms. The number of fused-ring (bicyclic) bond motifs is 2. The molecule has 0 bridgehead atoms. The Balaban J connectivity index is 1.57. The SMILES string of the molecule is c1ccc2nc(SSc3ccc4ccccc4n3)ccc2c1. The van der Waals surface area contributed by atoms with Crippen molar-refractivity contribution in [1.82, 2.24) is 9.97 Å². The Labute approximate surface area is 136 Å². The van der Waals surface area contributed by atoms with Crippen LogP contribution in [-0.2, 0) is 0 Å². The molecule has 0 spiro atoms. The minimum Gasteiger partial charge on any atom is -0.241 e. The molecule has 106 valence electrons. The summed E-state index contributed by atoms with van der Waals surface area (Å²) >= 11 is 0. The van der Waals surface area contributed by atoms with Gasteiger partial charge in [0, 0.05) is 10.8 Å². The van der Waals surface area contributed by atoms with Crippen LogP contribution in [0.2, 0.25) is 0 Å². The molecule has 4 heteroatoms. The van der Waals surface area contributed by atoms with Gasteiger partial charge in [0.05, 0.1) is 11.0 Å². The Morgan fingerprint density at radius 3 is 1.45 bits per heavy atom. The van der Waals surface area contributed by atoms with Crippen molar-refractivity contribution in [3.63, 3.8) is 0 Å². The number of rotatable bonds is 3.